The molecule has 382 valence electrons. The average Bonchev–Trinajstić information content (AvgIpc) is 3.72. The Morgan fingerprint density at radius 1 is 0.970 bits per heavy atom. The van der Waals surface area contributed by atoms with Gasteiger partial charge < -0.3 is 63.8 Å². The second-order valence-electron chi connectivity index (χ2n) is 20.8. The Morgan fingerprint density at radius 3 is 2.28 bits per heavy atom. The highest BCUT2D eigenvalue weighted by atomic mass is 79.9. The van der Waals surface area contributed by atoms with Crippen LogP contribution in [0.15, 0.2) is 34.9 Å². The van der Waals surface area contributed by atoms with E-state index in [9.17, 15) is 30.3 Å². The number of carbonyl (C=O) groups is 1. The minimum absolute atomic E-state index is 0.0426. The second kappa shape index (κ2) is 23.4. The van der Waals surface area contributed by atoms with Crippen molar-refractivity contribution in [3.05, 3.63) is 46.2 Å². The summed E-state index contributed by atoms with van der Waals surface area (Å²) in [7, 11) is 5.45. The number of methoxy groups -OCH3 is 1. The SMILES string of the molecule is CC[C@H]1OC(=O)[C@H](C)[C@@H](O[C@H]2C[C@@](C)(OC)[C@@H](O)[C@H](C)O2)[C@H](C)[C@@H](O[C@H]2C[C@@H](N(C)CCc3cn(C[C@@H](O)c4ccc(Br)cc4)nn3)C[C@@H](C)O2)[C@](C)(O)C[C@@H](C)CN(C)[C@H](C)[C@@H](O)[C@]1(C)O. The molecule has 5 N–H and O–H groups in total. The van der Waals surface area contributed by atoms with Crippen molar-refractivity contribution in [1.29, 1.82) is 0 Å². The number of esters is 1. The van der Waals surface area contributed by atoms with E-state index in [1.165, 1.54) is 14.0 Å². The number of carbonyl (C=O) groups excluding carboxylic acids is 1. The van der Waals surface area contributed by atoms with Crippen LogP contribution in [0.5, 0.6) is 0 Å². The first-order chi connectivity index (χ1) is 31.3. The van der Waals surface area contributed by atoms with Gasteiger partial charge in [0.05, 0.1) is 59.9 Å². The number of aliphatic hydroxyl groups is 5. The molecule has 1 aromatic carbocycles. The highest BCUT2D eigenvalue weighted by Crippen LogP contribution is 2.40. The van der Waals surface area contributed by atoms with E-state index in [0.717, 1.165) is 22.2 Å². The number of hydrogen-bond acceptors (Lipinski definition) is 16. The second-order valence-corrected chi connectivity index (χ2v) is 21.7. The van der Waals surface area contributed by atoms with Gasteiger partial charge in [-0.05, 0) is 105 Å². The number of likely N-dealkylation sites (N-methyl/N-ethyl adjacent to an activating group) is 2. The summed E-state index contributed by atoms with van der Waals surface area (Å²) in [6.45, 7) is 19.4. The topological polar surface area (TPSA) is 211 Å². The third-order valence-electron chi connectivity index (χ3n) is 14.9. The average molecular weight is 1010 g/mol. The van der Waals surface area contributed by atoms with Gasteiger partial charge in [0.1, 0.15) is 23.9 Å². The fraction of sp³-hybridized carbons (Fsp3) is 0.816. The predicted molar refractivity (Wildman–Crippen MR) is 255 cm³/mol. The van der Waals surface area contributed by atoms with E-state index in [-0.39, 0.29) is 43.9 Å². The van der Waals surface area contributed by atoms with E-state index in [1.807, 2.05) is 70.1 Å². The van der Waals surface area contributed by atoms with Gasteiger partial charge in [0, 0.05) is 68.1 Å². The number of nitrogens with zero attached hydrogens (tertiary/aromatic N) is 5. The Morgan fingerprint density at radius 2 is 1.64 bits per heavy atom. The number of aliphatic hydroxyl groups excluding tert-OH is 3. The summed E-state index contributed by atoms with van der Waals surface area (Å²) < 4.78 is 41.2. The first-order valence-corrected chi connectivity index (χ1v) is 25.0. The lowest BCUT2D eigenvalue weighted by molar-refractivity contribution is -0.308. The molecule has 3 saturated heterocycles. The van der Waals surface area contributed by atoms with Crippen LogP contribution in [0.2, 0.25) is 0 Å². The normalized spacial score (nSPS) is 40.5. The van der Waals surface area contributed by atoms with Crippen LogP contribution in [0, 0.1) is 17.8 Å². The van der Waals surface area contributed by atoms with Crippen molar-refractivity contribution in [3.8, 4) is 0 Å². The zero-order valence-corrected chi connectivity index (χ0v) is 43.7. The maximum atomic E-state index is 14.4. The summed E-state index contributed by atoms with van der Waals surface area (Å²) in [5.41, 5.74) is -2.75. The van der Waals surface area contributed by atoms with Gasteiger partial charge in [-0.25, -0.2) is 4.68 Å². The van der Waals surface area contributed by atoms with Gasteiger partial charge in [0.25, 0.3) is 0 Å². The Labute approximate surface area is 406 Å². The first-order valence-electron chi connectivity index (χ1n) is 24.2. The molecular weight excluding hydrogens is 930 g/mol. The number of aromatic nitrogens is 3. The van der Waals surface area contributed by atoms with Gasteiger partial charge in [-0.3, -0.25) is 4.79 Å². The summed E-state index contributed by atoms with van der Waals surface area (Å²) >= 11 is 3.44. The van der Waals surface area contributed by atoms with E-state index < -0.39 is 96.0 Å². The summed E-state index contributed by atoms with van der Waals surface area (Å²) in [6, 6.07) is 7.05. The van der Waals surface area contributed by atoms with Crippen molar-refractivity contribution in [2.75, 3.05) is 34.3 Å². The molecule has 4 heterocycles. The van der Waals surface area contributed by atoms with Crippen molar-refractivity contribution in [2.24, 2.45) is 17.8 Å². The molecule has 0 spiro atoms. The van der Waals surface area contributed by atoms with Crippen LogP contribution in [0.25, 0.3) is 0 Å². The van der Waals surface area contributed by atoms with Crippen molar-refractivity contribution in [3.63, 3.8) is 0 Å². The summed E-state index contributed by atoms with van der Waals surface area (Å²) in [5, 5.41) is 66.8. The van der Waals surface area contributed by atoms with Gasteiger partial charge in [0.2, 0.25) is 0 Å². The Hall–Kier alpha value is -2.17. The van der Waals surface area contributed by atoms with Crippen LogP contribution in [-0.2, 0) is 46.2 Å². The molecule has 5 rings (SSSR count). The number of benzene rings is 1. The van der Waals surface area contributed by atoms with Crippen molar-refractivity contribution < 1.29 is 58.7 Å². The van der Waals surface area contributed by atoms with Crippen LogP contribution in [0.3, 0.4) is 0 Å². The number of rotatable bonds is 13. The fourth-order valence-corrected chi connectivity index (χ4v) is 10.9. The molecule has 0 unspecified atom stereocenters. The molecule has 3 aliphatic heterocycles. The van der Waals surface area contributed by atoms with Crippen LogP contribution in [-0.4, -0.2) is 175 Å². The van der Waals surface area contributed by atoms with Crippen LogP contribution < -0.4 is 0 Å². The lowest BCUT2D eigenvalue weighted by Gasteiger charge is -2.48. The zero-order valence-electron chi connectivity index (χ0n) is 42.1. The molecule has 2 aromatic rings. The molecule has 0 bridgehead atoms. The summed E-state index contributed by atoms with van der Waals surface area (Å²) in [6.07, 6.45) is -4.14. The largest absolute Gasteiger partial charge is 0.459 e. The maximum absolute atomic E-state index is 14.4. The predicted octanol–water partition coefficient (Wildman–Crippen LogP) is 4.63. The van der Waals surface area contributed by atoms with Gasteiger partial charge >= 0.3 is 5.97 Å². The van der Waals surface area contributed by atoms with Crippen LogP contribution >= 0.6 is 15.9 Å². The minimum atomic E-state index is -1.81. The summed E-state index contributed by atoms with van der Waals surface area (Å²) in [5.74, 6) is -2.48. The lowest BCUT2D eigenvalue weighted by Crippen LogP contribution is -2.59. The molecule has 17 nitrogen and oxygen atoms in total. The molecule has 3 fully saturated rings. The molecule has 18 heteroatoms. The first kappa shape index (κ1) is 55.8. The third kappa shape index (κ3) is 13.8. The highest BCUT2D eigenvalue weighted by Gasteiger charge is 2.52. The van der Waals surface area contributed by atoms with E-state index in [0.29, 0.717) is 25.9 Å². The van der Waals surface area contributed by atoms with Gasteiger partial charge in [-0.1, -0.05) is 54.0 Å². The molecule has 0 amide bonds. The van der Waals surface area contributed by atoms with E-state index in [4.69, 9.17) is 28.4 Å². The van der Waals surface area contributed by atoms with Crippen molar-refractivity contribution >= 4 is 21.9 Å². The molecule has 3 aliphatic rings. The zero-order chi connectivity index (χ0) is 49.8. The monoisotopic (exact) mass is 1010 g/mol. The third-order valence-corrected chi connectivity index (χ3v) is 15.5. The number of hydrogen-bond donors (Lipinski definition) is 5. The highest BCUT2D eigenvalue weighted by molar-refractivity contribution is 9.10. The molecular formula is C49H82BrN5O12. The molecule has 18 atom stereocenters. The smallest absolute Gasteiger partial charge is 0.311 e. The molecule has 0 aliphatic carbocycles. The number of ether oxygens (including phenoxy) is 6. The maximum Gasteiger partial charge on any atom is 0.311 e. The molecule has 67 heavy (non-hydrogen) atoms. The van der Waals surface area contributed by atoms with E-state index >= 15 is 0 Å². The Bertz CT molecular complexity index is 1860. The van der Waals surface area contributed by atoms with E-state index in [2.05, 4.69) is 38.2 Å². The van der Waals surface area contributed by atoms with Crippen molar-refractivity contribution in [2.45, 2.75) is 205 Å². The van der Waals surface area contributed by atoms with Crippen molar-refractivity contribution in [1.82, 2.24) is 24.8 Å². The lowest BCUT2D eigenvalue weighted by atomic mass is 9.77. The van der Waals surface area contributed by atoms with Gasteiger partial charge in [0.15, 0.2) is 12.6 Å². The quantitative estimate of drug-likeness (QED) is 0.173. The van der Waals surface area contributed by atoms with Gasteiger partial charge in [-0.15, -0.1) is 5.10 Å². The van der Waals surface area contributed by atoms with Crippen LogP contribution in [0.4, 0.5) is 0 Å². The number of cyclic esters (lactones) is 1. The molecule has 0 radical (unpaired) electrons. The summed E-state index contributed by atoms with van der Waals surface area (Å²) in [4.78, 5) is 18.7. The molecule has 0 saturated carbocycles. The fourth-order valence-electron chi connectivity index (χ4n) is 10.6. The Kier molecular flexibility index (Phi) is 19.4. The standard InChI is InChI=1S/C49H82BrN5O12/c1-14-39-49(10,61)43(57)32(6)54(12)25-28(2)23-47(8,60)45(30(4)42(31(5)46(59)65-39)66-41-24-48(9,62-13)44(58)33(7)64-41)67-40-22-37(21-29(3)63-40)53(11)20-19-36-26-55(52-51-36)27-38(56)34-15-17-35(50)18-16-34/h15-18,26,28-33,37-45,56-58,60-61H,14,19-25,27H2,1-13H3/t28-,29-,30+,31-,32-,33+,37+,38-,39-,40+,41+,42+,43-,44+,45-,47-,48-,49-/m1/s1. The number of halogens is 1. The minimum Gasteiger partial charge on any atom is -0.459 e. The Balaban J connectivity index is 1.41. The van der Waals surface area contributed by atoms with Gasteiger partial charge in [-0.2, -0.15) is 0 Å². The van der Waals surface area contributed by atoms with Crippen LogP contribution in [0.1, 0.15) is 119 Å². The molecule has 1 aromatic heterocycles. The van der Waals surface area contributed by atoms with E-state index in [1.54, 1.807) is 39.3 Å².